The summed E-state index contributed by atoms with van der Waals surface area (Å²) in [5.74, 6) is -3.55. The summed E-state index contributed by atoms with van der Waals surface area (Å²) in [6, 6.07) is 3.85. The van der Waals surface area contributed by atoms with Crippen LogP contribution >= 0.6 is 0 Å². The van der Waals surface area contributed by atoms with Crippen molar-refractivity contribution in [1.82, 2.24) is 4.98 Å². The molecule has 1 aromatic carbocycles. The number of carbonyl (C=O) groups excluding carboxylic acids is 1. The fraction of sp³-hybridized carbons (Fsp3) is 0.0769. The molecule has 0 saturated heterocycles. The van der Waals surface area contributed by atoms with E-state index in [1.165, 1.54) is 18.2 Å². The van der Waals surface area contributed by atoms with E-state index in [0.29, 0.717) is 5.69 Å². The molecule has 0 spiro atoms. The highest BCUT2D eigenvalue weighted by atomic mass is 19.2. The number of carboxylic acid groups (broad SMARTS) is 1. The van der Waals surface area contributed by atoms with Gasteiger partial charge in [0.2, 0.25) is 0 Å². The van der Waals surface area contributed by atoms with Crippen molar-refractivity contribution in [2.45, 2.75) is 6.92 Å². The summed E-state index contributed by atoms with van der Waals surface area (Å²) in [7, 11) is 0. The van der Waals surface area contributed by atoms with Gasteiger partial charge in [0.1, 0.15) is 5.69 Å². The average Bonchev–Trinajstić information content (AvgIpc) is 2.76. The second-order valence-corrected chi connectivity index (χ2v) is 4.23. The highest BCUT2D eigenvalue weighted by molar-refractivity contribution is 6.04. The number of nitrogens with one attached hydrogen (secondary N) is 3. The number of anilines is 2. The first kappa shape index (κ1) is 14.5. The molecule has 8 heteroatoms. The first-order valence-electron chi connectivity index (χ1n) is 5.83. The molecule has 2 amide bonds. The molecule has 0 fully saturated rings. The standard InChI is InChI=1S/C13H11F2N3O3/c1-6-5-9(11(16-6)12(19)20)18-13(21)17-8-4-2-3-7(14)10(8)15/h2-5,16H,1H3,(H,19,20)(H2,17,18,21). The van der Waals surface area contributed by atoms with Crippen LogP contribution in [0, 0.1) is 18.6 Å². The van der Waals surface area contributed by atoms with Crippen LogP contribution < -0.4 is 10.6 Å². The minimum Gasteiger partial charge on any atom is -0.477 e. The van der Waals surface area contributed by atoms with Crippen molar-refractivity contribution in [2.75, 3.05) is 10.6 Å². The second-order valence-electron chi connectivity index (χ2n) is 4.23. The van der Waals surface area contributed by atoms with Crippen molar-refractivity contribution >= 4 is 23.4 Å². The number of aromatic nitrogens is 1. The van der Waals surface area contributed by atoms with Gasteiger partial charge in [-0.1, -0.05) is 6.07 Å². The molecule has 0 aliphatic heterocycles. The van der Waals surface area contributed by atoms with E-state index in [2.05, 4.69) is 15.6 Å². The largest absolute Gasteiger partial charge is 0.477 e. The van der Waals surface area contributed by atoms with E-state index in [1.54, 1.807) is 6.92 Å². The maximum atomic E-state index is 13.4. The predicted molar refractivity (Wildman–Crippen MR) is 71.5 cm³/mol. The van der Waals surface area contributed by atoms with Gasteiger partial charge >= 0.3 is 12.0 Å². The predicted octanol–water partition coefficient (Wildman–Crippen LogP) is 2.94. The molecule has 0 atom stereocenters. The lowest BCUT2D eigenvalue weighted by atomic mass is 10.3. The Hall–Kier alpha value is -2.90. The number of halogens is 2. The molecular formula is C13H11F2N3O3. The van der Waals surface area contributed by atoms with Gasteiger partial charge in [-0.15, -0.1) is 0 Å². The molecule has 0 unspecified atom stereocenters. The molecule has 0 radical (unpaired) electrons. The molecular weight excluding hydrogens is 284 g/mol. The van der Waals surface area contributed by atoms with Crippen molar-refractivity contribution in [3.8, 4) is 0 Å². The SMILES string of the molecule is Cc1cc(NC(=O)Nc2cccc(F)c2F)c(C(=O)O)[nH]1. The maximum absolute atomic E-state index is 13.4. The Balaban J connectivity index is 2.16. The molecule has 21 heavy (non-hydrogen) atoms. The van der Waals surface area contributed by atoms with Crippen molar-refractivity contribution in [1.29, 1.82) is 0 Å². The molecule has 1 heterocycles. The third-order valence-corrected chi connectivity index (χ3v) is 2.61. The lowest BCUT2D eigenvalue weighted by Gasteiger charge is -2.08. The summed E-state index contributed by atoms with van der Waals surface area (Å²) in [5.41, 5.74) is -0.00653. The third-order valence-electron chi connectivity index (χ3n) is 2.61. The van der Waals surface area contributed by atoms with Crippen LogP contribution in [0.3, 0.4) is 0 Å². The van der Waals surface area contributed by atoms with Crippen molar-refractivity contribution < 1.29 is 23.5 Å². The lowest BCUT2D eigenvalue weighted by Crippen LogP contribution is -2.21. The van der Waals surface area contributed by atoms with Crippen LogP contribution in [-0.2, 0) is 0 Å². The monoisotopic (exact) mass is 295 g/mol. The number of carbonyl (C=O) groups is 2. The van der Waals surface area contributed by atoms with Gasteiger partial charge in [0, 0.05) is 5.69 Å². The zero-order chi connectivity index (χ0) is 15.6. The van der Waals surface area contributed by atoms with Gasteiger partial charge < -0.3 is 20.7 Å². The molecule has 1 aromatic heterocycles. The highest BCUT2D eigenvalue weighted by Crippen LogP contribution is 2.19. The highest BCUT2D eigenvalue weighted by Gasteiger charge is 2.16. The Labute approximate surface area is 117 Å². The van der Waals surface area contributed by atoms with Gasteiger partial charge in [-0.2, -0.15) is 0 Å². The van der Waals surface area contributed by atoms with Gasteiger partial charge in [0.05, 0.1) is 11.4 Å². The number of urea groups is 1. The molecule has 0 saturated carbocycles. The summed E-state index contributed by atoms with van der Waals surface area (Å²) < 4.78 is 26.4. The molecule has 0 aliphatic carbocycles. The molecule has 0 aliphatic rings. The number of benzene rings is 1. The van der Waals surface area contributed by atoms with Gasteiger partial charge in [0.15, 0.2) is 11.6 Å². The van der Waals surface area contributed by atoms with Gasteiger partial charge in [-0.3, -0.25) is 0 Å². The summed E-state index contributed by atoms with van der Waals surface area (Å²) >= 11 is 0. The Kier molecular flexibility index (Phi) is 3.88. The smallest absolute Gasteiger partial charge is 0.354 e. The van der Waals surface area contributed by atoms with E-state index in [0.717, 1.165) is 6.07 Å². The number of aryl methyl sites for hydroxylation is 1. The van der Waals surface area contributed by atoms with Crippen molar-refractivity contribution in [3.05, 3.63) is 47.3 Å². The topological polar surface area (TPSA) is 94.2 Å². The van der Waals surface area contributed by atoms with E-state index < -0.39 is 23.6 Å². The first-order valence-corrected chi connectivity index (χ1v) is 5.83. The quantitative estimate of drug-likeness (QED) is 0.701. The third kappa shape index (κ3) is 3.16. The van der Waals surface area contributed by atoms with E-state index >= 15 is 0 Å². The zero-order valence-corrected chi connectivity index (χ0v) is 10.8. The van der Waals surface area contributed by atoms with E-state index in [-0.39, 0.29) is 17.1 Å². The van der Waals surface area contributed by atoms with Gasteiger partial charge in [-0.05, 0) is 25.1 Å². The molecule has 4 N–H and O–H groups in total. The van der Waals surface area contributed by atoms with Crippen LogP contribution in [0.25, 0.3) is 0 Å². The Bertz CT molecular complexity index is 713. The normalized spacial score (nSPS) is 10.2. The zero-order valence-electron chi connectivity index (χ0n) is 10.8. The van der Waals surface area contributed by atoms with Crippen LogP contribution in [0.4, 0.5) is 25.0 Å². The molecule has 2 rings (SSSR count). The maximum Gasteiger partial charge on any atom is 0.354 e. The first-order chi connectivity index (χ1) is 9.88. The minimum atomic E-state index is -1.25. The Morgan fingerprint density at radius 2 is 1.86 bits per heavy atom. The van der Waals surface area contributed by atoms with Crippen LogP contribution in [0.1, 0.15) is 16.2 Å². The fourth-order valence-corrected chi connectivity index (χ4v) is 1.73. The number of hydrogen-bond acceptors (Lipinski definition) is 2. The molecule has 6 nitrogen and oxygen atoms in total. The van der Waals surface area contributed by atoms with E-state index in [4.69, 9.17) is 5.11 Å². The summed E-state index contributed by atoms with van der Waals surface area (Å²) in [5, 5.41) is 13.3. The van der Waals surface area contributed by atoms with Gasteiger partial charge in [0.25, 0.3) is 0 Å². The number of H-pyrrole nitrogens is 1. The van der Waals surface area contributed by atoms with E-state index in [1.807, 2.05) is 0 Å². The Morgan fingerprint density at radius 1 is 1.19 bits per heavy atom. The summed E-state index contributed by atoms with van der Waals surface area (Å²) in [4.78, 5) is 25.2. The second kappa shape index (κ2) is 5.61. The van der Waals surface area contributed by atoms with Crippen molar-refractivity contribution in [2.24, 2.45) is 0 Å². The lowest BCUT2D eigenvalue weighted by molar-refractivity contribution is 0.0692. The van der Waals surface area contributed by atoms with Gasteiger partial charge in [-0.25, -0.2) is 18.4 Å². The van der Waals surface area contributed by atoms with Crippen LogP contribution in [0.2, 0.25) is 0 Å². The van der Waals surface area contributed by atoms with Crippen LogP contribution in [0.15, 0.2) is 24.3 Å². The number of amides is 2. The molecule has 2 aromatic rings. The molecule has 0 bridgehead atoms. The number of carboxylic acids is 1. The average molecular weight is 295 g/mol. The number of rotatable bonds is 3. The van der Waals surface area contributed by atoms with E-state index in [9.17, 15) is 18.4 Å². The number of aromatic amines is 1. The minimum absolute atomic E-state index is 0.0225. The molecule has 110 valence electrons. The summed E-state index contributed by atoms with van der Waals surface area (Å²) in [6.07, 6.45) is 0. The van der Waals surface area contributed by atoms with Crippen LogP contribution in [-0.4, -0.2) is 22.1 Å². The number of aromatic carboxylic acids is 1. The van der Waals surface area contributed by atoms with Crippen molar-refractivity contribution in [3.63, 3.8) is 0 Å². The number of hydrogen-bond donors (Lipinski definition) is 4. The Morgan fingerprint density at radius 3 is 2.52 bits per heavy atom. The van der Waals surface area contributed by atoms with Crippen LogP contribution in [0.5, 0.6) is 0 Å². The summed E-state index contributed by atoms with van der Waals surface area (Å²) in [6.45, 7) is 1.61. The fourth-order valence-electron chi connectivity index (χ4n) is 1.73.